The molecule has 2 nitrogen and oxygen atoms in total. The van der Waals surface area contributed by atoms with Gasteiger partial charge in [0, 0.05) is 0 Å². The van der Waals surface area contributed by atoms with E-state index in [4.69, 9.17) is 21.6 Å². The molecule has 0 unspecified atom stereocenters. The van der Waals surface area contributed by atoms with Gasteiger partial charge in [-0.1, -0.05) is 11.6 Å². The molecule has 0 saturated heterocycles. The van der Waals surface area contributed by atoms with Crippen molar-refractivity contribution in [1.29, 1.82) is 5.26 Å². The van der Waals surface area contributed by atoms with Crippen molar-refractivity contribution < 1.29 is 4.74 Å². The van der Waals surface area contributed by atoms with Crippen LogP contribution >= 0.6 is 27.5 Å². The van der Waals surface area contributed by atoms with Gasteiger partial charge in [0.2, 0.25) is 0 Å². The summed E-state index contributed by atoms with van der Waals surface area (Å²) in [4.78, 5) is 0. The molecule has 0 bridgehead atoms. The highest BCUT2D eigenvalue weighted by Crippen LogP contribution is 2.33. The van der Waals surface area contributed by atoms with Gasteiger partial charge in [-0.15, -0.1) is 0 Å². The van der Waals surface area contributed by atoms with Crippen molar-refractivity contribution in [1.82, 2.24) is 0 Å². The van der Waals surface area contributed by atoms with E-state index in [9.17, 15) is 0 Å². The zero-order chi connectivity index (χ0) is 9.14. The van der Waals surface area contributed by atoms with Gasteiger partial charge in [0.1, 0.15) is 0 Å². The third kappa shape index (κ3) is 1.71. The molecule has 0 radical (unpaired) electrons. The maximum Gasteiger partial charge on any atom is 0.151 e. The summed E-state index contributed by atoms with van der Waals surface area (Å²) in [6.45, 7) is 0. The molecular weight excluding hydrogens is 241 g/mol. The summed E-state index contributed by atoms with van der Waals surface area (Å²) >= 11 is 9.05. The van der Waals surface area contributed by atoms with E-state index >= 15 is 0 Å². The number of nitrogens with zero attached hydrogens (tertiary/aromatic N) is 1. The second kappa shape index (κ2) is 3.79. The third-order valence-corrected chi connectivity index (χ3v) is 2.20. The van der Waals surface area contributed by atoms with Crippen LogP contribution in [0.3, 0.4) is 0 Å². The average molecular weight is 246 g/mol. The lowest BCUT2D eigenvalue weighted by atomic mass is 10.2. The van der Waals surface area contributed by atoms with Crippen LogP contribution in [0.5, 0.6) is 5.75 Å². The first kappa shape index (κ1) is 9.37. The number of nitriles is 1. The fourth-order valence-corrected chi connectivity index (χ4v) is 1.85. The van der Waals surface area contributed by atoms with Gasteiger partial charge in [-0.2, -0.15) is 5.26 Å². The van der Waals surface area contributed by atoms with Crippen LogP contribution in [0.1, 0.15) is 5.56 Å². The zero-order valence-corrected chi connectivity index (χ0v) is 8.61. The third-order valence-electron chi connectivity index (χ3n) is 1.33. The quantitative estimate of drug-likeness (QED) is 0.763. The van der Waals surface area contributed by atoms with Crippen LogP contribution in [0, 0.1) is 11.3 Å². The van der Waals surface area contributed by atoms with Gasteiger partial charge in [0.25, 0.3) is 0 Å². The minimum absolute atomic E-state index is 0.434. The van der Waals surface area contributed by atoms with E-state index in [1.165, 1.54) is 7.11 Å². The van der Waals surface area contributed by atoms with E-state index in [1.807, 2.05) is 6.07 Å². The van der Waals surface area contributed by atoms with Crippen LogP contribution in [0.2, 0.25) is 5.02 Å². The molecule has 12 heavy (non-hydrogen) atoms. The van der Waals surface area contributed by atoms with Gasteiger partial charge in [-0.25, -0.2) is 0 Å². The number of hydrogen-bond donors (Lipinski definition) is 0. The highest BCUT2D eigenvalue weighted by molar-refractivity contribution is 9.10. The topological polar surface area (TPSA) is 33.0 Å². The molecule has 0 heterocycles. The number of ether oxygens (including phenoxy) is 1. The Morgan fingerprint density at radius 1 is 1.58 bits per heavy atom. The number of rotatable bonds is 1. The average Bonchev–Trinajstić information content (AvgIpc) is 2.03. The minimum Gasteiger partial charge on any atom is -0.494 e. The Hall–Kier alpha value is -0.720. The molecular formula is C8H5BrClNO. The van der Waals surface area contributed by atoms with Gasteiger partial charge < -0.3 is 4.74 Å². The van der Waals surface area contributed by atoms with Crippen molar-refractivity contribution in [2.75, 3.05) is 7.11 Å². The Morgan fingerprint density at radius 3 is 2.67 bits per heavy atom. The summed E-state index contributed by atoms with van der Waals surface area (Å²) in [5, 5.41) is 9.01. The molecule has 1 aromatic rings. The van der Waals surface area contributed by atoms with Gasteiger partial charge >= 0.3 is 0 Å². The molecule has 62 valence electrons. The van der Waals surface area contributed by atoms with E-state index in [1.54, 1.807) is 12.1 Å². The summed E-state index contributed by atoms with van der Waals surface area (Å²) < 4.78 is 5.68. The van der Waals surface area contributed by atoms with Crippen molar-refractivity contribution in [3.8, 4) is 11.8 Å². The Labute approximate surface area is 83.8 Å². The van der Waals surface area contributed by atoms with Crippen LogP contribution in [0.15, 0.2) is 16.6 Å². The molecule has 0 amide bonds. The van der Waals surface area contributed by atoms with Gasteiger partial charge in [-0.3, -0.25) is 0 Å². The summed E-state index contributed by atoms with van der Waals surface area (Å²) in [6, 6.07) is 5.21. The maximum absolute atomic E-state index is 8.58. The highest BCUT2D eigenvalue weighted by atomic mass is 79.9. The van der Waals surface area contributed by atoms with Gasteiger partial charge in [0.05, 0.1) is 28.2 Å². The normalized spacial score (nSPS) is 9.17. The van der Waals surface area contributed by atoms with Crippen molar-refractivity contribution >= 4 is 27.5 Å². The molecule has 0 N–H and O–H groups in total. The fraction of sp³-hybridized carbons (Fsp3) is 0.125. The second-order valence-electron chi connectivity index (χ2n) is 2.08. The van der Waals surface area contributed by atoms with Crippen molar-refractivity contribution in [2.45, 2.75) is 0 Å². The zero-order valence-electron chi connectivity index (χ0n) is 6.27. The monoisotopic (exact) mass is 245 g/mol. The summed E-state index contributed by atoms with van der Waals surface area (Å²) in [6.07, 6.45) is 0. The van der Waals surface area contributed by atoms with Crippen LogP contribution in [0.25, 0.3) is 0 Å². The molecule has 0 aliphatic heterocycles. The van der Waals surface area contributed by atoms with Crippen LogP contribution in [0.4, 0.5) is 0 Å². The second-order valence-corrected chi connectivity index (χ2v) is 3.35. The fourth-order valence-electron chi connectivity index (χ4n) is 0.819. The molecule has 4 heteroatoms. The standard InChI is InChI=1S/C8H5BrClNO/c1-12-8-6(9)2-5(4-11)3-7(8)10/h2-3H,1H3. The van der Waals surface area contributed by atoms with Crippen LogP contribution < -0.4 is 4.74 Å². The molecule has 0 aliphatic rings. The van der Waals surface area contributed by atoms with Crippen LogP contribution in [-0.4, -0.2) is 7.11 Å². The summed E-state index contributed by atoms with van der Waals surface area (Å²) in [7, 11) is 1.53. The van der Waals surface area contributed by atoms with Crippen molar-refractivity contribution in [2.24, 2.45) is 0 Å². The lowest BCUT2D eigenvalue weighted by molar-refractivity contribution is 0.412. The first-order valence-electron chi connectivity index (χ1n) is 3.12. The molecule has 0 atom stereocenters. The lowest BCUT2D eigenvalue weighted by Crippen LogP contribution is -1.86. The molecule has 0 fully saturated rings. The van der Waals surface area contributed by atoms with Crippen LogP contribution in [-0.2, 0) is 0 Å². The maximum atomic E-state index is 8.58. The number of methoxy groups -OCH3 is 1. The predicted molar refractivity (Wildman–Crippen MR) is 50.4 cm³/mol. The molecule has 0 spiro atoms. The smallest absolute Gasteiger partial charge is 0.151 e. The summed E-state index contributed by atoms with van der Waals surface area (Å²) in [5.74, 6) is 0.552. The van der Waals surface area contributed by atoms with Crippen molar-refractivity contribution in [3.05, 3.63) is 27.2 Å². The number of halogens is 2. The molecule has 0 aliphatic carbocycles. The minimum atomic E-state index is 0.434. The Bertz CT molecular complexity index is 322. The van der Waals surface area contributed by atoms with E-state index in [0.29, 0.717) is 20.8 Å². The lowest BCUT2D eigenvalue weighted by Gasteiger charge is -2.04. The SMILES string of the molecule is COc1c(Cl)cc(C#N)cc1Br. The van der Waals surface area contributed by atoms with E-state index < -0.39 is 0 Å². The molecule has 1 rings (SSSR count). The first-order valence-corrected chi connectivity index (χ1v) is 4.29. The Balaban J connectivity index is 3.30. The van der Waals surface area contributed by atoms with E-state index in [-0.39, 0.29) is 0 Å². The molecule has 0 saturated carbocycles. The van der Waals surface area contributed by atoms with Gasteiger partial charge in [0.15, 0.2) is 5.75 Å². The summed E-state index contributed by atoms with van der Waals surface area (Å²) in [5.41, 5.74) is 0.507. The molecule has 0 aromatic heterocycles. The first-order chi connectivity index (χ1) is 5.69. The Morgan fingerprint density at radius 2 is 2.25 bits per heavy atom. The van der Waals surface area contributed by atoms with Crippen molar-refractivity contribution in [3.63, 3.8) is 0 Å². The highest BCUT2D eigenvalue weighted by Gasteiger charge is 2.06. The van der Waals surface area contributed by atoms with E-state index in [2.05, 4.69) is 15.9 Å². The Kier molecular flexibility index (Phi) is 2.96. The molecule has 1 aromatic carbocycles. The van der Waals surface area contributed by atoms with E-state index in [0.717, 1.165) is 0 Å². The largest absolute Gasteiger partial charge is 0.494 e. The number of hydrogen-bond acceptors (Lipinski definition) is 2. The predicted octanol–water partition coefficient (Wildman–Crippen LogP) is 2.98. The van der Waals surface area contributed by atoms with Gasteiger partial charge in [-0.05, 0) is 28.1 Å². The number of benzene rings is 1.